The summed E-state index contributed by atoms with van der Waals surface area (Å²) in [5.74, 6) is -1.08. The van der Waals surface area contributed by atoms with Crippen molar-refractivity contribution in [3.05, 3.63) is 89.0 Å². The molecule has 1 N–H and O–H groups in total. The van der Waals surface area contributed by atoms with Crippen LogP contribution in [0.2, 0.25) is 0 Å². The Bertz CT molecular complexity index is 1070. The maximum Gasteiger partial charge on any atom is 0.336 e. The van der Waals surface area contributed by atoms with E-state index in [9.17, 15) is 9.90 Å². The van der Waals surface area contributed by atoms with Crippen LogP contribution >= 0.6 is 0 Å². The van der Waals surface area contributed by atoms with Crippen molar-refractivity contribution in [3.8, 4) is 0 Å². The number of aromatic carboxylic acids is 1. The molecule has 37 heavy (non-hydrogen) atoms. The van der Waals surface area contributed by atoms with Crippen LogP contribution in [-0.2, 0) is 0 Å². The lowest BCUT2D eigenvalue weighted by Gasteiger charge is -2.27. The first-order chi connectivity index (χ1) is 17.9. The summed E-state index contributed by atoms with van der Waals surface area (Å²) in [6.45, 7) is 18.3. The number of rotatable bonds is 13. The van der Waals surface area contributed by atoms with Crippen LogP contribution in [-0.4, -0.2) is 50.3 Å². The number of carboxylic acid groups (broad SMARTS) is 1. The van der Waals surface area contributed by atoms with E-state index < -0.39 is 5.97 Å². The second-order valence-electron chi connectivity index (χ2n) is 9.21. The first-order valence-electron chi connectivity index (χ1n) is 13.7. The van der Waals surface area contributed by atoms with E-state index in [2.05, 4.69) is 111 Å². The van der Waals surface area contributed by atoms with Crippen LogP contribution in [0, 0.1) is 0 Å². The summed E-state index contributed by atoms with van der Waals surface area (Å²) >= 11 is 0. The van der Waals surface area contributed by atoms with Gasteiger partial charge in [0.25, 0.3) is 0 Å². The highest BCUT2D eigenvalue weighted by molar-refractivity contribution is 5.91. The van der Waals surface area contributed by atoms with Crippen molar-refractivity contribution in [3.63, 3.8) is 0 Å². The molecular formula is C32H43N3O2. The highest BCUT2D eigenvalue weighted by atomic mass is 16.4. The van der Waals surface area contributed by atoms with Gasteiger partial charge in [-0.3, -0.25) is 0 Å². The monoisotopic (exact) mass is 501 g/mol. The summed E-state index contributed by atoms with van der Waals surface area (Å²) in [6.07, 6.45) is 0. The molecule has 3 aromatic carbocycles. The van der Waals surface area contributed by atoms with Crippen LogP contribution in [0.25, 0.3) is 0 Å². The molecule has 0 aliphatic rings. The maximum absolute atomic E-state index is 12.6. The molecule has 0 aliphatic carbocycles. The Hall–Kier alpha value is -3.47. The summed E-state index contributed by atoms with van der Waals surface area (Å²) in [6, 6.07) is 23.2. The van der Waals surface area contributed by atoms with Crippen molar-refractivity contribution in [2.45, 2.75) is 47.5 Å². The molecule has 0 radical (unpaired) electrons. The summed E-state index contributed by atoms with van der Waals surface area (Å²) in [5.41, 5.74) is 6.65. The molecule has 3 rings (SSSR count). The van der Waals surface area contributed by atoms with Gasteiger partial charge in [-0.15, -0.1) is 0 Å². The predicted molar refractivity (Wildman–Crippen MR) is 158 cm³/mol. The number of benzene rings is 3. The molecule has 0 saturated heterocycles. The van der Waals surface area contributed by atoms with Gasteiger partial charge in [-0.2, -0.15) is 0 Å². The normalized spacial score (nSPS) is 11.0. The zero-order valence-corrected chi connectivity index (χ0v) is 23.4. The topological polar surface area (TPSA) is 47.0 Å². The van der Waals surface area contributed by atoms with Crippen LogP contribution in [0.5, 0.6) is 0 Å². The van der Waals surface area contributed by atoms with Crippen molar-refractivity contribution >= 4 is 23.0 Å². The molecule has 0 spiro atoms. The van der Waals surface area contributed by atoms with Crippen molar-refractivity contribution in [2.24, 2.45) is 0 Å². The average molecular weight is 502 g/mol. The molecule has 3 aromatic rings. The average Bonchev–Trinajstić information content (AvgIpc) is 2.93. The Kier molecular flexibility index (Phi) is 10.0. The lowest BCUT2D eigenvalue weighted by molar-refractivity contribution is 0.0695. The number of hydrogen-bond acceptors (Lipinski definition) is 4. The molecule has 5 nitrogen and oxygen atoms in total. The minimum absolute atomic E-state index is 0.187. The van der Waals surface area contributed by atoms with E-state index in [0.29, 0.717) is 5.56 Å². The molecule has 0 fully saturated rings. The van der Waals surface area contributed by atoms with Crippen molar-refractivity contribution in [1.82, 2.24) is 0 Å². The minimum atomic E-state index is -0.895. The SMILES string of the molecule is CCN(CC)c1ccc(C(c2ccc(N(CC)CC)cc2)c2ccc(N(CC)CC)cc2C(=O)O)cc1. The number of nitrogens with zero attached hydrogens (tertiary/aromatic N) is 3. The first-order valence-corrected chi connectivity index (χ1v) is 13.7. The Balaban J connectivity index is 2.17. The Morgan fingerprint density at radius 2 is 0.946 bits per heavy atom. The zero-order chi connectivity index (χ0) is 26.9. The number of carboxylic acids is 1. The van der Waals surface area contributed by atoms with E-state index in [-0.39, 0.29) is 5.92 Å². The van der Waals surface area contributed by atoms with Gasteiger partial charge in [0.1, 0.15) is 0 Å². The highest BCUT2D eigenvalue weighted by Gasteiger charge is 2.24. The molecule has 0 atom stereocenters. The zero-order valence-electron chi connectivity index (χ0n) is 23.4. The Labute approximate surface area is 223 Å². The van der Waals surface area contributed by atoms with Crippen LogP contribution in [0.3, 0.4) is 0 Å². The molecule has 0 unspecified atom stereocenters. The van der Waals surface area contributed by atoms with E-state index in [1.807, 2.05) is 12.1 Å². The Morgan fingerprint density at radius 3 is 1.30 bits per heavy atom. The van der Waals surface area contributed by atoms with Gasteiger partial charge in [-0.05, 0) is 94.6 Å². The van der Waals surface area contributed by atoms with Crippen molar-refractivity contribution in [2.75, 3.05) is 54.0 Å². The third kappa shape index (κ3) is 6.27. The molecule has 0 heterocycles. The molecule has 0 saturated carbocycles. The first kappa shape index (κ1) is 28.1. The lowest BCUT2D eigenvalue weighted by atomic mass is 9.82. The molecule has 0 aromatic heterocycles. The van der Waals surface area contributed by atoms with E-state index in [1.165, 1.54) is 11.4 Å². The predicted octanol–water partition coefficient (Wildman–Crippen LogP) is 7.10. The summed E-state index contributed by atoms with van der Waals surface area (Å²) in [5, 5.41) is 10.3. The van der Waals surface area contributed by atoms with Crippen LogP contribution in [0.4, 0.5) is 17.1 Å². The number of anilines is 3. The standard InChI is InChI=1S/C32H43N3O2/c1-7-33(8-2)26-17-13-24(14-18-26)31(25-15-19-27(20-16-25)34(9-3)10-4)29-22-21-28(35(11-5)12-6)23-30(29)32(36)37/h13-23,31H,7-12H2,1-6H3,(H,36,37). The maximum atomic E-state index is 12.6. The van der Waals surface area contributed by atoms with Gasteiger partial charge in [0.2, 0.25) is 0 Å². The molecule has 198 valence electrons. The fourth-order valence-electron chi connectivity index (χ4n) is 5.25. The largest absolute Gasteiger partial charge is 0.478 e. The van der Waals surface area contributed by atoms with Gasteiger partial charge < -0.3 is 19.8 Å². The van der Waals surface area contributed by atoms with Crippen molar-refractivity contribution < 1.29 is 9.90 Å². The van der Waals surface area contributed by atoms with Gasteiger partial charge in [0.15, 0.2) is 0 Å². The van der Waals surface area contributed by atoms with Gasteiger partial charge in [0, 0.05) is 62.2 Å². The second-order valence-corrected chi connectivity index (χ2v) is 9.21. The van der Waals surface area contributed by atoms with E-state index in [0.717, 1.165) is 61.6 Å². The third-order valence-electron chi connectivity index (χ3n) is 7.42. The third-order valence-corrected chi connectivity index (χ3v) is 7.42. The quantitative estimate of drug-likeness (QED) is 0.253. The smallest absolute Gasteiger partial charge is 0.336 e. The van der Waals surface area contributed by atoms with Crippen molar-refractivity contribution in [1.29, 1.82) is 0 Å². The Morgan fingerprint density at radius 1 is 0.595 bits per heavy atom. The summed E-state index contributed by atoms with van der Waals surface area (Å²) in [4.78, 5) is 19.4. The van der Waals surface area contributed by atoms with E-state index in [4.69, 9.17) is 0 Å². The fourth-order valence-corrected chi connectivity index (χ4v) is 5.25. The number of carbonyl (C=O) groups is 1. The van der Waals surface area contributed by atoms with Gasteiger partial charge in [-0.25, -0.2) is 4.79 Å². The molecule has 0 aliphatic heterocycles. The van der Waals surface area contributed by atoms with Gasteiger partial charge >= 0.3 is 5.97 Å². The van der Waals surface area contributed by atoms with Crippen LogP contribution in [0.1, 0.15) is 74.5 Å². The molecule has 0 amide bonds. The summed E-state index contributed by atoms with van der Waals surface area (Å²) < 4.78 is 0. The molecular weight excluding hydrogens is 458 g/mol. The van der Waals surface area contributed by atoms with Crippen LogP contribution < -0.4 is 14.7 Å². The van der Waals surface area contributed by atoms with E-state index in [1.54, 1.807) is 0 Å². The van der Waals surface area contributed by atoms with Gasteiger partial charge in [0.05, 0.1) is 5.56 Å². The lowest BCUT2D eigenvalue weighted by Crippen LogP contribution is -2.23. The second kappa shape index (κ2) is 13.2. The fraction of sp³-hybridized carbons (Fsp3) is 0.406. The van der Waals surface area contributed by atoms with E-state index >= 15 is 0 Å². The summed E-state index contributed by atoms with van der Waals surface area (Å²) in [7, 11) is 0. The highest BCUT2D eigenvalue weighted by Crippen LogP contribution is 2.37. The molecule has 5 heteroatoms. The van der Waals surface area contributed by atoms with Gasteiger partial charge in [-0.1, -0.05) is 30.3 Å². The molecule has 0 bridgehead atoms. The minimum Gasteiger partial charge on any atom is -0.478 e. The van der Waals surface area contributed by atoms with Crippen LogP contribution in [0.15, 0.2) is 66.7 Å². The number of hydrogen-bond donors (Lipinski definition) is 1.